The maximum atomic E-state index is 11.7. The van der Waals surface area contributed by atoms with Crippen molar-refractivity contribution >= 4 is 55.1 Å². The predicted octanol–water partition coefficient (Wildman–Crippen LogP) is 3.60. The lowest BCUT2D eigenvalue weighted by molar-refractivity contribution is -0.117. The largest absolute Gasteiger partial charge is 0.310 e. The molecule has 15 heavy (non-hydrogen) atoms. The summed E-state index contributed by atoms with van der Waals surface area (Å²) >= 11 is 12.8. The summed E-state index contributed by atoms with van der Waals surface area (Å²) in [5, 5.41) is 0.638. The molecule has 1 saturated heterocycles. The third kappa shape index (κ3) is 2.37. The van der Waals surface area contributed by atoms with Crippen LogP contribution in [0.1, 0.15) is 6.42 Å². The van der Waals surface area contributed by atoms with Crippen LogP contribution >= 0.6 is 43.5 Å². The standard InChI is InChI=1S/C10H8Br2ClNO/c11-6-3-10(15)14(5-6)9-4-7(13)1-2-8(9)12/h1-2,4,6H,3,5H2. The third-order valence-corrected chi connectivity index (χ3v) is 3.80. The first-order chi connectivity index (χ1) is 7.08. The second-order valence-electron chi connectivity index (χ2n) is 3.40. The van der Waals surface area contributed by atoms with Crippen LogP contribution in [0.25, 0.3) is 0 Å². The summed E-state index contributed by atoms with van der Waals surface area (Å²) in [5.41, 5.74) is 0.842. The van der Waals surface area contributed by atoms with Gasteiger partial charge in [-0.15, -0.1) is 0 Å². The number of carbonyl (C=O) groups excluding carboxylic acids is 1. The Morgan fingerprint density at radius 3 is 2.80 bits per heavy atom. The van der Waals surface area contributed by atoms with E-state index in [2.05, 4.69) is 31.9 Å². The minimum atomic E-state index is 0.125. The Hall–Kier alpha value is -0.0600. The van der Waals surface area contributed by atoms with Crippen LogP contribution in [0.15, 0.2) is 22.7 Å². The summed E-state index contributed by atoms with van der Waals surface area (Å²) in [6, 6.07) is 5.45. The van der Waals surface area contributed by atoms with Gasteiger partial charge >= 0.3 is 0 Å². The molecule has 2 nitrogen and oxygen atoms in total. The van der Waals surface area contributed by atoms with Gasteiger partial charge in [0, 0.05) is 27.3 Å². The lowest BCUT2D eigenvalue weighted by atomic mass is 10.3. The number of rotatable bonds is 1. The summed E-state index contributed by atoms with van der Waals surface area (Å²) in [6.45, 7) is 0.692. The minimum Gasteiger partial charge on any atom is -0.310 e. The zero-order valence-corrected chi connectivity index (χ0v) is 11.6. The molecule has 0 N–H and O–H groups in total. The molecule has 1 atom stereocenters. The van der Waals surface area contributed by atoms with Crippen molar-refractivity contribution in [3.05, 3.63) is 27.7 Å². The maximum absolute atomic E-state index is 11.7. The summed E-state index contributed by atoms with van der Waals surface area (Å²) in [6.07, 6.45) is 0.541. The van der Waals surface area contributed by atoms with Crippen LogP contribution in [0.3, 0.4) is 0 Å². The molecule has 1 fully saturated rings. The Morgan fingerprint density at radius 1 is 1.47 bits per heavy atom. The third-order valence-electron chi connectivity index (χ3n) is 2.28. The average molecular weight is 353 g/mol. The number of nitrogens with zero attached hydrogens (tertiary/aromatic N) is 1. The molecule has 5 heteroatoms. The molecule has 2 rings (SSSR count). The van der Waals surface area contributed by atoms with E-state index in [1.807, 2.05) is 6.07 Å². The van der Waals surface area contributed by atoms with Crippen molar-refractivity contribution in [2.24, 2.45) is 0 Å². The van der Waals surface area contributed by atoms with Crippen LogP contribution in [0.2, 0.25) is 5.02 Å². The number of amides is 1. The topological polar surface area (TPSA) is 20.3 Å². The van der Waals surface area contributed by atoms with E-state index in [1.54, 1.807) is 17.0 Å². The molecule has 0 saturated carbocycles. The zero-order valence-electron chi connectivity index (χ0n) is 7.71. The van der Waals surface area contributed by atoms with E-state index in [0.717, 1.165) is 10.2 Å². The summed E-state index contributed by atoms with van der Waals surface area (Å²) in [4.78, 5) is 13.7. The fraction of sp³-hybridized carbons (Fsp3) is 0.300. The molecule has 0 bridgehead atoms. The van der Waals surface area contributed by atoms with Crippen molar-refractivity contribution in [1.29, 1.82) is 0 Å². The van der Waals surface area contributed by atoms with Crippen LogP contribution in [0, 0.1) is 0 Å². The van der Waals surface area contributed by atoms with Gasteiger partial charge in [-0.05, 0) is 34.1 Å². The second kappa shape index (κ2) is 4.44. The summed E-state index contributed by atoms with van der Waals surface area (Å²) in [7, 11) is 0. The highest BCUT2D eigenvalue weighted by Crippen LogP contribution is 2.33. The fourth-order valence-electron chi connectivity index (χ4n) is 1.59. The number of hydrogen-bond acceptors (Lipinski definition) is 1. The van der Waals surface area contributed by atoms with E-state index in [1.165, 1.54) is 0 Å². The van der Waals surface area contributed by atoms with Crippen molar-refractivity contribution in [3.8, 4) is 0 Å². The Labute approximate surface area is 110 Å². The molecule has 1 aliphatic rings. The maximum Gasteiger partial charge on any atom is 0.228 e. The first-order valence-corrected chi connectivity index (χ1v) is 6.56. The smallest absolute Gasteiger partial charge is 0.228 e. The Bertz CT molecular complexity index is 410. The fourth-order valence-corrected chi connectivity index (χ4v) is 2.78. The molecule has 1 aromatic carbocycles. The van der Waals surface area contributed by atoms with Gasteiger partial charge in [-0.1, -0.05) is 27.5 Å². The molecular formula is C10H8Br2ClNO. The van der Waals surface area contributed by atoms with Gasteiger partial charge in [-0.25, -0.2) is 0 Å². The number of carbonyl (C=O) groups is 1. The van der Waals surface area contributed by atoms with Gasteiger partial charge in [0.1, 0.15) is 0 Å². The van der Waals surface area contributed by atoms with E-state index >= 15 is 0 Å². The highest BCUT2D eigenvalue weighted by atomic mass is 79.9. The number of hydrogen-bond donors (Lipinski definition) is 0. The molecule has 1 aliphatic heterocycles. The van der Waals surface area contributed by atoms with E-state index in [-0.39, 0.29) is 10.7 Å². The molecule has 0 aromatic heterocycles. The highest BCUT2D eigenvalue weighted by molar-refractivity contribution is 9.10. The van der Waals surface area contributed by atoms with Crippen molar-refractivity contribution in [1.82, 2.24) is 0 Å². The van der Waals surface area contributed by atoms with Gasteiger partial charge in [-0.3, -0.25) is 4.79 Å². The summed E-state index contributed by atoms with van der Waals surface area (Å²) in [5.74, 6) is 0.125. The van der Waals surface area contributed by atoms with E-state index in [4.69, 9.17) is 11.6 Å². The predicted molar refractivity (Wildman–Crippen MR) is 68.8 cm³/mol. The normalized spacial score (nSPS) is 21.1. The zero-order chi connectivity index (χ0) is 11.0. The lowest BCUT2D eigenvalue weighted by Gasteiger charge is -2.17. The molecule has 0 spiro atoms. The Balaban J connectivity index is 2.37. The molecule has 0 radical (unpaired) electrons. The van der Waals surface area contributed by atoms with Crippen molar-refractivity contribution in [2.75, 3.05) is 11.4 Å². The number of halogens is 3. The van der Waals surface area contributed by atoms with E-state index in [0.29, 0.717) is 18.0 Å². The monoisotopic (exact) mass is 351 g/mol. The van der Waals surface area contributed by atoms with Gasteiger partial charge in [0.15, 0.2) is 0 Å². The Kier molecular flexibility index (Phi) is 3.38. The Morgan fingerprint density at radius 2 is 2.20 bits per heavy atom. The van der Waals surface area contributed by atoms with Gasteiger partial charge in [0.25, 0.3) is 0 Å². The van der Waals surface area contributed by atoms with E-state index < -0.39 is 0 Å². The van der Waals surface area contributed by atoms with Crippen molar-refractivity contribution in [3.63, 3.8) is 0 Å². The van der Waals surface area contributed by atoms with Crippen LogP contribution < -0.4 is 4.90 Å². The molecule has 0 aliphatic carbocycles. The number of alkyl halides is 1. The molecule has 1 unspecified atom stereocenters. The first kappa shape index (κ1) is 11.4. The van der Waals surface area contributed by atoms with Crippen LogP contribution in [-0.4, -0.2) is 17.3 Å². The molecule has 1 amide bonds. The van der Waals surface area contributed by atoms with Crippen LogP contribution in [0.5, 0.6) is 0 Å². The number of anilines is 1. The molecular weight excluding hydrogens is 345 g/mol. The van der Waals surface area contributed by atoms with Crippen molar-refractivity contribution < 1.29 is 4.79 Å². The second-order valence-corrected chi connectivity index (χ2v) is 5.99. The number of benzene rings is 1. The average Bonchev–Trinajstić information content (AvgIpc) is 2.50. The molecule has 80 valence electrons. The summed E-state index contributed by atoms with van der Waals surface area (Å²) < 4.78 is 0.891. The van der Waals surface area contributed by atoms with Gasteiger partial charge in [-0.2, -0.15) is 0 Å². The van der Waals surface area contributed by atoms with Crippen LogP contribution in [0.4, 0.5) is 5.69 Å². The van der Waals surface area contributed by atoms with Gasteiger partial charge in [0.05, 0.1) is 5.69 Å². The highest BCUT2D eigenvalue weighted by Gasteiger charge is 2.29. The quantitative estimate of drug-likeness (QED) is 0.707. The molecule has 1 aromatic rings. The first-order valence-electron chi connectivity index (χ1n) is 4.47. The van der Waals surface area contributed by atoms with E-state index in [9.17, 15) is 4.79 Å². The van der Waals surface area contributed by atoms with Crippen LogP contribution in [-0.2, 0) is 4.79 Å². The minimum absolute atomic E-state index is 0.125. The van der Waals surface area contributed by atoms with Gasteiger partial charge < -0.3 is 4.90 Å². The molecule has 1 heterocycles. The lowest BCUT2D eigenvalue weighted by Crippen LogP contribution is -2.24. The van der Waals surface area contributed by atoms with Gasteiger partial charge in [0.2, 0.25) is 5.91 Å². The SMILES string of the molecule is O=C1CC(Br)CN1c1cc(Cl)ccc1Br. The van der Waals surface area contributed by atoms with Crippen molar-refractivity contribution in [2.45, 2.75) is 11.2 Å².